The maximum atomic E-state index is 12.7. The number of allylic oxidation sites excluding steroid dienone is 2. The molecule has 0 aromatic carbocycles. The Labute approximate surface area is 472 Å². The first-order chi connectivity index (χ1) is 37.3. The first-order valence-electron chi connectivity index (χ1n) is 33.7. The lowest BCUT2D eigenvalue weighted by molar-refractivity contribution is -0.161. The first kappa shape index (κ1) is 74.8. The van der Waals surface area contributed by atoms with Crippen LogP contribution in [0.1, 0.15) is 367 Å². The highest BCUT2D eigenvalue weighted by atomic mass is 31.2. The molecule has 0 aliphatic carbocycles. The fraction of sp³-hybridized carbons (Fsp3) is 0.939. The Bertz CT molecular complexity index is 1250. The SMILES string of the molecule is CCCCCCCCCC/C=C\CCCCCCCCCCCCCCCCCCCC(=O)OC(COC(=O)CCCCCCCCCCCCCCCCCCCCCCCCCCCC)COP(=O)(O)OCCN. The molecule has 0 aromatic heterocycles. The first-order valence-corrected chi connectivity index (χ1v) is 35.2. The van der Waals surface area contributed by atoms with E-state index < -0.39 is 26.5 Å². The summed E-state index contributed by atoms with van der Waals surface area (Å²) in [5.41, 5.74) is 5.40. The lowest BCUT2D eigenvalue weighted by Gasteiger charge is -2.19. The van der Waals surface area contributed by atoms with Gasteiger partial charge in [0.2, 0.25) is 0 Å². The van der Waals surface area contributed by atoms with Gasteiger partial charge in [0.15, 0.2) is 6.10 Å². The molecule has 452 valence electrons. The molecular weight excluding hydrogens is 966 g/mol. The molecule has 3 N–H and O–H groups in total. The molecule has 0 rings (SSSR count). The molecule has 0 radical (unpaired) electrons. The predicted molar refractivity (Wildman–Crippen MR) is 326 cm³/mol. The van der Waals surface area contributed by atoms with Crippen LogP contribution in [-0.2, 0) is 32.7 Å². The smallest absolute Gasteiger partial charge is 0.462 e. The average molecular weight is 1100 g/mol. The van der Waals surface area contributed by atoms with Crippen molar-refractivity contribution in [2.45, 2.75) is 373 Å². The molecule has 0 spiro atoms. The normalized spacial score (nSPS) is 12.9. The van der Waals surface area contributed by atoms with Crippen LogP contribution in [0.4, 0.5) is 0 Å². The van der Waals surface area contributed by atoms with Crippen molar-refractivity contribution in [1.29, 1.82) is 0 Å². The van der Waals surface area contributed by atoms with Gasteiger partial charge in [-0.3, -0.25) is 18.6 Å². The predicted octanol–water partition coefficient (Wildman–Crippen LogP) is 21.6. The van der Waals surface area contributed by atoms with Crippen molar-refractivity contribution < 1.29 is 37.6 Å². The second-order valence-electron chi connectivity index (χ2n) is 23.1. The Morgan fingerprint density at radius 3 is 0.934 bits per heavy atom. The Kier molecular flexibility index (Phi) is 61.9. The standard InChI is InChI=1S/C66H130NO8P/c1-3-5-7-9-11-13-15-17-19-21-23-25-27-29-31-32-33-35-37-39-41-43-45-47-49-51-53-55-57-59-66(69)75-64(63-74-76(70,71)73-61-60-67)62-72-65(68)58-56-54-52-50-48-46-44-42-40-38-36-34-30-28-26-24-22-20-18-16-14-12-10-8-6-4-2/h21,23,64H,3-20,22,24-63,67H2,1-2H3,(H,70,71)/b23-21-. The molecular formula is C66H130NO8P. The summed E-state index contributed by atoms with van der Waals surface area (Å²) in [6.45, 7) is 3.83. The highest BCUT2D eigenvalue weighted by Gasteiger charge is 2.26. The number of hydrogen-bond acceptors (Lipinski definition) is 8. The van der Waals surface area contributed by atoms with Crippen LogP contribution in [0.3, 0.4) is 0 Å². The van der Waals surface area contributed by atoms with E-state index in [2.05, 4.69) is 26.0 Å². The van der Waals surface area contributed by atoms with Gasteiger partial charge in [-0.25, -0.2) is 4.57 Å². The van der Waals surface area contributed by atoms with Gasteiger partial charge < -0.3 is 20.1 Å². The van der Waals surface area contributed by atoms with Crippen LogP contribution in [0.25, 0.3) is 0 Å². The number of esters is 2. The third kappa shape index (κ3) is 62.0. The van der Waals surface area contributed by atoms with E-state index in [1.54, 1.807) is 0 Å². The number of phosphoric ester groups is 1. The molecule has 9 nitrogen and oxygen atoms in total. The highest BCUT2D eigenvalue weighted by Crippen LogP contribution is 2.43. The van der Waals surface area contributed by atoms with Crippen molar-refractivity contribution in [2.24, 2.45) is 5.73 Å². The van der Waals surface area contributed by atoms with Crippen LogP contribution in [0, 0.1) is 0 Å². The maximum absolute atomic E-state index is 12.7. The van der Waals surface area contributed by atoms with E-state index in [1.165, 1.54) is 302 Å². The molecule has 0 heterocycles. The van der Waals surface area contributed by atoms with Gasteiger partial charge in [0.05, 0.1) is 13.2 Å². The van der Waals surface area contributed by atoms with Gasteiger partial charge in [0.25, 0.3) is 0 Å². The van der Waals surface area contributed by atoms with Crippen LogP contribution < -0.4 is 5.73 Å². The van der Waals surface area contributed by atoms with Crippen molar-refractivity contribution in [3.05, 3.63) is 12.2 Å². The summed E-state index contributed by atoms with van der Waals surface area (Å²) in [7, 11) is -4.39. The van der Waals surface area contributed by atoms with Crippen LogP contribution in [-0.4, -0.2) is 49.3 Å². The lowest BCUT2D eigenvalue weighted by atomic mass is 10.0. The summed E-state index contributed by atoms with van der Waals surface area (Å²) >= 11 is 0. The minimum Gasteiger partial charge on any atom is -0.462 e. The fourth-order valence-electron chi connectivity index (χ4n) is 10.4. The maximum Gasteiger partial charge on any atom is 0.472 e. The van der Waals surface area contributed by atoms with E-state index in [0.29, 0.717) is 6.42 Å². The van der Waals surface area contributed by atoms with Gasteiger partial charge in [-0.05, 0) is 38.5 Å². The minimum atomic E-state index is -4.39. The van der Waals surface area contributed by atoms with E-state index in [0.717, 1.165) is 32.1 Å². The number of nitrogens with two attached hydrogens (primary N) is 1. The summed E-state index contributed by atoms with van der Waals surface area (Å²) < 4.78 is 33.2. The monoisotopic (exact) mass is 1100 g/mol. The number of phosphoric acid groups is 1. The van der Waals surface area contributed by atoms with E-state index in [-0.39, 0.29) is 38.6 Å². The molecule has 0 fully saturated rings. The minimum absolute atomic E-state index is 0.0577. The van der Waals surface area contributed by atoms with Gasteiger partial charge in [-0.2, -0.15) is 0 Å². The molecule has 0 aliphatic heterocycles. The van der Waals surface area contributed by atoms with E-state index in [1.807, 2.05) is 0 Å². The van der Waals surface area contributed by atoms with Gasteiger partial charge in [-0.15, -0.1) is 0 Å². The lowest BCUT2D eigenvalue weighted by Crippen LogP contribution is -2.29. The van der Waals surface area contributed by atoms with Crippen LogP contribution in [0.2, 0.25) is 0 Å². The van der Waals surface area contributed by atoms with Crippen LogP contribution in [0.5, 0.6) is 0 Å². The Balaban J connectivity index is 3.83. The van der Waals surface area contributed by atoms with E-state index >= 15 is 0 Å². The third-order valence-corrected chi connectivity index (χ3v) is 16.4. The molecule has 0 saturated carbocycles. The number of carbonyl (C=O) groups is 2. The zero-order chi connectivity index (χ0) is 55.2. The van der Waals surface area contributed by atoms with Gasteiger partial charge in [0.1, 0.15) is 6.61 Å². The highest BCUT2D eigenvalue weighted by molar-refractivity contribution is 7.47. The Hall–Kier alpha value is -1.25. The van der Waals surface area contributed by atoms with E-state index in [9.17, 15) is 19.0 Å². The summed E-state index contributed by atoms with van der Waals surface area (Å²) in [6.07, 6.45) is 74.5. The van der Waals surface area contributed by atoms with Crippen molar-refractivity contribution in [3.8, 4) is 0 Å². The summed E-state index contributed by atoms with van der Waals surface area (Å²) in [4.78, 5) is 35.3. The van der Waals surface area contributed by atoms with Crippen molar-refractivity contribution in [2.75, 3.05) is 26.4 Å². The van der Waals surface area contributed by atoms with Crippen molar-refractivity contribution >= 4 is 19.8 Å². The quantitative estimate of drug-likeness (QED) is 0.0264. The Morgan fingerprint density at radius 1 is 0.382 bits per heavy atom. The summed E-state index contributed by atoms with van der Waals surface area (Å²) in [5, 5.41) is 0. The average Bonchev–Trinajstić information content (AvgIpc) is 3.41. The number of hydrogen-bond donors (Lipinski definition) is 2. The molecule has 0 aliphatic rings. The zero-order valence-electron chi connectivity index (χ0n) is 50.8. The number of carbonyl (C=O) groups excluding carboxylic acids is 2. The third-order valence-electron chi connectivity index (χ3n) is 15.4. The number of rotatable bonds is 65. The summed E-state index contributed by atoms with van der Waals surface area (Å²) in [6, 6.07) is 0. The van der Waals surface area contributed by atoms with Gasteiger partial charge in [0, 0.05) is 19.4 Å². The van der Waals surface area contributed by atoms with Gasteiger partial charge >= 0.3 is 19.8 Å². The molecule has 10 heteroatoms. The Morgan fingerprint density at radius 2 is 0.645 bits per heavy atom. The molecule has 0 amide bonds. The largest absolute Gasteiger partial charge is 0.472 e. The van der Waals surface area contributed by atoms with Crippen LogP contribution in [0.15, 0.2) is 12.2 Å². The molecule has 2 atom stereocenters. The van der Waals surface area contributed by atoms with Crippen molar-refractivity contribution in [1.82, 2.24) is 0 Å². The van der Waals surface area contributed by atoms with Gasteiger partial charge in [-0.1, -0.05) is 328 Å². The van der Waals surface area contributed by atoms with Crippen LogP contribution >= 0.6 is 7.82 Å². The zero-order valence-corrected chi connectivity index (χ0v) is 51.7. The molecule has 76 heavy (non-hydrogen) atoms. The molecule has 2 unspecified atom stereocenters. The van der Waals surface area contributed by atoms with E-state index in [4.69, 9.17) is 24.3 Å². The molecule has 0 saturated heterocycles. The topological polar surface area (TPSA) is 134 Å². The second kappa shape index (κ2) is 62.9. The molecule has 0 bridgehead atoms. The van der Waals surface area contributed by atoms with Crippen molar-refractivity contribution in [3.63, 3.8) is 0 Å². The molecule has 0 aromatic rings. The fourth-order valence-corrected chi connectivity index (χ4v) is 11.2. The second-order valence-corrected chi connectivity index (χ2v) is 24.5. The number of ether oxygens (including phenoxy) is 2. The number of unbranched alkanes of at least 4 members (excludes halogenated alkanes) is 50. The summed E-state index contributed by atoms with van der Waals surface area (Å²) in [5.74, 6) is -0.801.